The Labute approximate surface area is 189 Å². The van der Waals surface area contributed by atoms with Crippen LogP contribution < -0.4 is 5.76 Å². The first-order valence-electron chi connectivity index (χ1n) is 10.7. The van der Waals surface area contributed by atoms with Gasteiger partial charge in [-0.15, -0.1) is 0 Å². The molecule has 4 heterocycles. The van der Waals surface area contributed by atoms with Crippen molar-refractivity contribution < 1.29 is 4.52 Å². The Kier molecular flexibility index (Phi) is 5.38. The zero-order chi connectivity index (χ0) is 22.2. The van der Waals surface area contributed by atoms with Crippen LogP contribution in [-0.2, 0) is 6.54 Å². The predicted octanol–water partition coefficient (Wildman–Crippen LogP) is 5.10. The predicted molar refractivity (Wildman–Crippen MR) is 123 cm³/mol. The molecule has 1 N–H and O–H groups in total. The fraction of sp³-hybridized carbons (Fsp3) is 0.348. The number of H-pyrrole nitrogens is 1. The van der Waals surface area contributed by atoms with E-state index in [9.17, 15) is 4.79 Å². The molecule has 1 saturated carbocycles. The average Bonchev–Trinajstić information content (AvgIpc) is 3.38. The van der Waals surface area contributed by atoms with Crippen molar-refractivity contribution in [2.45, 2.75) is 45.6 Å². The van der Waals surface area contributed by atoms with E-state index in [4.69, 9.17) is 21.6 Å². The molecule has 1 aliphatic rings. The number of hydrogen-bond donors (Lipinski definition) is 1. The van der Waals surface area contributed by atoms with Crippen molar-refractivity contribution in [3.63, 3.8) is 0 Å². The summed E-state index contributed by atoms with van der Waals surface area (Å²) in [5, 5.41) is 4.31. The van der Waals surface area contributed by atoms with Gasteiger partial charge < -0.3 is 4.57 Å². The summed E-state index contributed by atoms with van der Waals surface area (Å²) < 4.78 is 6.92. The average molecular weight is 451 g/mol. The van der Waals surface area contributed by atoms with Gasteiger partial charge in [-0.05, 0) is 43.4 Å². The number of hydrogen-bond acceptors (Lipinski definition) is 6. The maximum absolute atomic E-state index is 11.5. The second-order valence-corrected chi connectivity index (χ2v) is 8.83. The molecule has 0 aliphatic heterocycles. The van der Waals surface area contributed by atoms with Crippen molar-refractivity contribution in [3.8, 4) is 22.8 Å². The molecule has 1 fully saturated rings. The van der Waals surface area contributed by atoms with E-state index >= 15 is 0 Å². The lowest BCUT2D eigenvalue weighted by molar-refractivity contribution is 0.321. The highest BCUT2D eigenvalue weighted by atomic mass is 35.5. The van der Waals surface area contributed by atoms with Crippen LogP contribution >= 0.6 is 11.6 Å². The Morgan fingerprint density at radius 3 is 2.75 bits per heavy atom. The van der Waals surface area contributed by atoms with E-state index in [0.29, 0.717) is 22.3 Å². The first-order chi connectivity index (χ1) is 15.5. The van der Waals surface area contributed by atoms with Crippen molar-refractivity contribution in [2.24, 2.45) is 5.92 Å². The van der Waals surface area contributed by atoms with Gasteiger partial charge in [-0.1, -0.05) is 42.6 Å². The Bertz CT molecular complexity index is 1360. The van der Waals surface area contributed by atoms with Crippen LogP contribution in [0.4, 0.5) is 0 Å². The maximum Gasteiger partial charge on any atom is 0.439 e. The van der Waals surface area contributed by atoms with Gasteiger partial charge in [0.25, 0.3) is 0 Å². The molecular weight excluding hydrogens is 428 g/mol. The number of fused-ring (bicyclic) bond motifs is 1. The highest BCUT2D eigenvalue weighted by Crippen LogP contribution is 2.35. The van der Waals surface area contributed by atoms with Crippen LogP contribution in [0.2, 0.25) is 5.02 Å². The summed E-state index contributed by atoms with van der Waals surface area (Å²) in [4.78, 5) is 28.1. The first-order valence-corrected chi connectivity index (χ1v) is 11.1. The lowest BCUT2D eigenvalue weighted by Crippen LogP contribution is -2.16. The molecule has 0 unspecified atom stereocenters. The Balaban J connectivity index is 1.77. The summed E-state index contributed by atoms with van der Waals surface area (Å²) in [7, 11) is 0. The summed E-state index contributed by atoms with van der Waals surface area (Å²) in [5.74, 6) is 1.01. The molecule has 0 amide bonds. The van der Waals surface area contributed by atoms with Crippen LogP contribution in [0.15, 0.2) is 40.4 Å². The van der Waals surface area contributed by atoms with Crippen LogP contribution in [0.1, 0.15) is 44.9 Å². The van der Waals surface area contributed by atoms with Gasteiger partial charge in [0.2, 0.25) is 5.82 Å². The maximum atomic E-state index is 11.5. The largest absolute Gasteiger partial charge is 0.439 e. The summed E-state index contributed by atoms with van der Waals surface area (Å²) in [6.07, 6.45) is 9.53. The molecule has 0 radical (unpaired) electrons. The number of allylic oxidation sites excluding steroid dienone is 1. The van der Waals surface area contributed by atoms with Gasteiger partial charge in [0.15, 0.2) is 0 Å². The molecule has 4 aromatic heterocycles. The molecule has 5 rings (SSSR count). The van der Waals surface area contributed by atoms with Crippen LogP contribution in [0, 0.1) is 5.92 Å². The highest BCUT2D eigenvalue weighted by molar-refractivity contribution is 6.30. The van der Waals surface area contributed by atoms with E-state index in [2.05, 4.69) is 30.8 Å². The summed E-state index contributed by atoms with van der Waals surface area (Å²) >= 11 is 6.26. The van der Waals surface area contributed by atoms with Crippen LogP contribution in [0.25, 0.3) is 39.4 Å². The Morgan fingerprint density at radius 2 is 2.06 bits per heavy atom. The van der Waals surface area contributed by atoms with Crippen LogP contribution in [0.5, 0.6) is 0 Å². The number of nitrogens with zero attached hydrogens (tertiary/aromatic N) is 5. The van der Waals surface area contributed by atoms with E-state index in [0.717, 1.165) is 34.5 Å². The van der Waals surface area contributed by atoms with Gasteiger partial charge in [0, 0.05) is 24.5 Å². The SMILES string of the molecule is C=C(C)c1nc2cc(-c3noc(=O)[nH]3)nc(-c3cncc(Cl)c3)c2n1CC1CCCCC1. The van der Waals surface area contributed by atoms with Crippen LogP contribution in [-0.4, -0.2) is 29.7 Å². The van der Waals surface area contributed by atoms with Gasteiger partial charge in [-0.2, -0.15) is 0 Å². The standard InChI is InChI=1S/C23H23ClN6O2/c1-13(2)22-27-17-9-18(21-28-23(31)32-29-21)26-19(15-8-16(24)11-25-10-15)20(17)30(22)12-14-6-4-3-5-7-14/h8-11,14H,1,3-7,12H2,2H3,(H,28,29,31). The minimum absolute atomic E-state index is 0.242. The first kappa shape index (κ1) is 20.6. The fourth-order valence-corrected chi connectivity index (χ4v) is 4.67. The Hall–Kier alpha value is -3.26. The van der Waals surface area contributed by atoms with Gasteiger partial charge in [0.1, 0.15) is 11.5 Å². The molecule has 0 atom stereocenters. The number of rotatable bonds is 5. The molecule has 0 bridgehead atoms. The summed E-state index contributed by atoms with van der Waals surface area (Å²) in [6.45, 7) is 6.97. The molecule has 0 aromatic carbocycles. The van der Waals surface area contributed by atoms with Gasteiger partial charge >= 0.3 is 5.76 Å². The van der Waals surface area contributed by atoms with E-state index < -0.39 is 5.76 Å². The zero-order valence-electron chi connectivity index (χ0n) is 17.8. The number of nitrogens with one attached hydrogen (secondary N) is 1. The lowest BCUT2D eigenvalue weighted by atomic mass is 9.89. The topological polar surface area (TPSA) is 102 Å². The number of pyridine rings is 2. The molecule has 1 aliphatic carbocycles. The summed E-state index contributed by atoms with van der Waals surface area (Å²) in [5.41, 5.74) is 4.40. The monoisotopic (exact) mass is 450 g/mol. The fourth-order valence-electron chi connectivity index (χ4n) is 4.49. The number of halogens is 1. The van der Waals surface area contributed by atoms with Crippen molar-refractivity contribution in [1.82, 2.24) is 29.7 Å². The smallest absolute Gasteiger partial charge is 0.322 e. The van der Waals surface area contributed by atoms with Crippen molar-refractivity contribution in [3.05, 3.63) is 52.5 Å². The Morgan fingerprint density at radius 1 is 1.25 bits per heavy atom. The minimum Gasteiger partial charge on any atom is -0.322 e. The molecule has 164 valence electrons. The highest BCUT2D eigenvalue weighted by Gasteiger charge is 2.23. The van der Waals surface area contributed by atoms with E-state index in [1.165, 1.54) is 32.1 Å². The van der Waals surface area contributed by atoms with Gasteiger partial charge in [-0.3, -0.25) is 14.5 Å². The van der Waals surface area contributed by atoms with E-state index in [1.807, 2.05) is 19.1 Å². The second-order valence-electron chi connectivity index (χ2n) is 8.39. The van der Waals surface area contributed by atoms with Crippen molar-refractivity contribution in [2.75, 3.05) is 0 Å². The lowest BCUT2D eigenvalue weighted by Gasteiger charge is -2.23. The third kappa shape index (κ3) is 3.86. The van der Waals surface area contributed by atoms with Gasteiger partial charge in [-0.25, -0.2) is 14.8 Å². The second kappa shape index (κ2) is 8.35. The van der Waals surface area contributed by atoms with Crippen molar-refractivity contribution >= 4 is 28.2 Å². The van der Waals surface area contributed by atoms with Gasteiger partial charge in [0.05, 0.1) is 21.7 Å². The third-order valence-corrected chi connectivity index (χ3v) is 6.14. The number of aromatic nitrogens is 6. The normalized spacial score (nSPS) is 14.8. The zero-order valence-corrected chi connectivity index (χ0v) is 18.5. The molecule has 4 aromatic rings. The van der Waals surface area contributed by atoms with Crippen LogP contribution in [0.3, 0.4) is 0 Å². The molecule has 8 nitrogen and oxygen atoms in total. The van der Waals surface area contributed by atoms with E-state index in [1.54, 1.807) is 12.4 Å². The summed E-state index contributed by atoms with van der Waals surface area (Å²) in [6, 6.07) is 3.64. The molecule has 0 saturated heterocycles. The molecule has 0 spiro atoms. The quantitative estimate of drug-likeness (QED) is 0.453. The molecule has 9 heteroatoms. The molecule has 32 heavy (non-hydrogen) atoms. The van der Waals surface area contributed by atoms with Crippen molar-refractivity contribution in [1.29, 1.82) is 0 Å². The van der Waals surface area contributed by atoms with E-state index in [-0.39, 0.29) is 5.82 Å². The number of imidazole rings is 1. The minimum atomic E-state index is -0.640. The molecular formula is C23H23ClN6O2. The number of aromatic amines is 1. The third-order valence-electron chi connectivity index (χ3n) is 5.93.